The van der Waals surface area contributed by atoms with Crippen molar-refractivity contribution in [3.63, 3.8) is 0 Å². The molecule has 0 atom stereocenters. The van der Waals surface area contributed by atoms with E-state index in [1.165, 1.54) is 84.5 Å². The Morgan fingerprint density at radius 2 is 0.547 bits per heavy atom. The predicted molar refractivity (Wildman–Crippen MR) is 576 cm³/mol. The average Bonchev–Trinajstić information content (AvgIpc) is 1.54. The first-order valence-electron chi connectivity index (χ1n) is 45.8. The minimum Gasteiger partial charge on any atom is -0.305 e. The number of pyridine rings is 6. The summed E-state index contributed by atoms with van der Waals surface area (Å²) in [6, 6.07) is 166. The first-order chi connectivity index (χ1) is 66.3. The van der Waals surface area contributed by atoms with E-state index < -0.39 is 50.2 Å². The molecule has 0 N–H and O–H groups in total. The Labute approximate surface area is 864 Å². The third kappa shape index (κ3) is 21.4. The molecule has 6 aromatic heterocycles. The summed E-state index contributed by atoms with van der Waals surface area (Å²) in [4.78, 5) is 27.9. The SMILES string of the molecule is C[Si](C)(c1ccccc1)c1ccc(-c2[c-]cc3c(c2)-c2ccccc2S3(=O)=O)nc1.C[Si](C)(c1ccccc1)c1ccc(-c2[c-]cc3c(c2)-c2ccccc2[Si]3(C)C)nc1.C[Si](C)(c1ccccc1)c1ccc(-c2[c-]cc3c(c2)-c2ccccc2[Si]3(c2ccccc2)c2ccccc2)nc1.[Ir].[Ir].[Ir].[c-]1ccccc1-c1ccccn1.[c-]1ccccc1-c1ccccn1.[c-]1ccccc1-c1ccccn1. The van der Waals surface area contributed by atoms with Crippen LogP contribution in [0.25, 0.3) is 101 Å². The maximum atomic E-state index is 12.8. The standard InChI is InChI=1S/C37H30NSi2.C27H26NSi2.C25H20NO2SSi.3C11H8N.3Ir/c1-39(2,29-14-6-3-7-15-29)32-23-24-35(38-27-32)28-22-25-37-34(26-28)33-20-12-13-21-36(33)40(37,30-16-8-4-9-17-30)31-18-10-5-11-19-31;1-29(2,21-10-6-5-7-11-21)22-15-16-25(28-19-22)20-14-17-27-24(18-20)23-12-8-9-13-26(23)30(27,3)4;1-30(2,19-8-4-3-5-9-19)20-13-14-23(26-17-20)18-12-15-25-22(16-18)21-10-6-7-11-24(21)29(25,27)28;3*1-2-6-10(7-3-1)11-8-4-5-9-12-11;;;/h3-21,23-27H,1-2H3;5-13,15-19H,1-4H3;3-11,13-17H,1-2H3;3*1-6,8-9H;;;/q6*-1;;;. The van der Waals surface area contributed by atoms with Crippen LogP contribution in [0.4, 0.5) is 0 Å². The normalized spacial score (nSPS) is 12.5. The Morgan fingerprint density at radius 3 is 0.914 bits per heavy atom. The first kappa shape index (κ1) is 100. The molecule has 8 nitrogen and oxygen atoms in total. The monoisotopic (exact) mass is 2430 g/mol. The van der Waals surface area contributed by atoms with Crippen molar-refractivity contribution in [3.05, 3.63) is 498 Å². The van der Waals surface area contributed by atoms with E-state index in [1.54, 1.807) is 36.8 Å². The number of sulfone groups is 1. The van der Waals surface area contributed by atoms with Gasteiger partial charge in [0.2, 0.25) is 0 Å². The Morgan fingerprint density at radius 1 is 0.237 bits per heavy atom. The fraction of sp³-hybridized carbons (Fsp3) is 0.0656. The molecule has 0 aliphatic carbocycles. The third-order valence-electron chi connectivity index (χ3n) is 26.3. The Bertz CT molecular complexity index is 7270. The van der Waals surface area contributed by atoms with Crippen molar-refractivity contribution in [2.75, 3.05) is 0 Å². The Balaban J connectivity index is 0.000000133. The maximum absolute atomic E-state index is 12.8. The number of hydrogen-bond acceptors (Lipinski definition) is 8. The Hall–Kier alpha value is -13.0. The van der Waals surface area contributed by atoms with E-state index in [0.717, 1.165) is 78.7 Å². The second-order valence-electron chi connectivity index (χ2n) is 35.9. The molecule has 0 unspecified atom stereocenters. The second-order valence-corrected chi connectivity index (χ2v) is 59.1. The van der Waals surface area contributed by atoms with Gasteiger partial charge in [0, 0.05) is 97.5 Å². The molecule has 9 heterocycles. The van der Waals surface area contributed by atoms with E-state index in [2.05, 4.69) is 365 Å². The molecule has 3 aliphatic heterocycles. The summed E-state index contributed by atoms with van der Waals surface area (Å²) >= 11 is 0. The van der Waals surface area contributed by atoms with Crippen LogP contribution in [0.2, 0.25) is 52.4 Å². The zero-order valence-corrected chi connectivity index (χ0v) is 91.3. The summed E-state index contributed by atoms with van der Waals surface area (Å²) in [7, 11) is -12.9. The molecule has 3 aliphatic rings. The molecule has 17 heteroatoms. The van der Waals surface area contributed by atoms with E-state index in [0.29, 0.717) is 9.79 Å². The van der Waals surface area contributed by atoms with Gasteiger partial charge in [0.15, 0.2) is 9.84 Å². The van der Waals surface area contributed by atoms with Crippen molar-refractivity contribution < 1.29 is 68.7 Å². The van der Waals surface area contributed by atoms with E-state index in [-0.39, 0.29) is 60.3 Å². The number of benzene rings is 14. The minimum atomic E-state index is -3.47. The van der Waals surface area contributed by atoms with E-state index in [4.69, 9.17) is 15.0 Å². The van der Waals surface area contributed by atoms with Gasteiger partial charge in [-0.3, -0.25) is 0 Å². The summed E-state index contributed by atoms with van der Waals surface area (Å²) in [6.07, 6.45) is 11.5. The summed E-state index contributed by atoms with van der Waals surface area (Å²) in [5.41, 5.74) is 18.6. The quantitative estimate of drug-likeness (QED) is 0.0782. The summed E-state index contributed by atoms with van der Waals surface area (Å²) in [6.45, 7) is 19.1. The van der Waals surface area contributed by atoms with Crippen molar-refractivity contribution in [2.45, 2.75) is 62.2 Å². The number of aromatic nitrogens is 6. The number of hydrogen-bond donors (Lipinski definition) is 0. The fourth-order valence-electron chi connectivity index (χ4n) is 18.5. The van der Waals surface area contributed by atoms with Gasteiger partial charge in [-0.15, -0.1) is 189 Å². The molecular formula is C122H100Ir3N6O2SSi5-6. The van der Waals surface area contributed by atoms with Crippen molar-refractivity contribution in [3.8, 4) is 101 Å². The third-order valence-corrected chi connectivity index (χ3v) is 47.1. The maximum Gasteiger partial charge on any atom is 0.173 e. The van der Waals surface area contributed by atoms with E-state index >= 15 is 0 Å². The van der Waals surface area contributed by atoms with Crippen LogP contribution in [0.15, 0.2) is 472 Å². The smallest absolute Gasteiger partial charge is 0.173 e. The van der Waals surface area contributed by atoms with Crippen LogP contribution in [0.1, 0.15) is 0 Å². The topological polar surface area (TPSA) is 111 Å². The van der Waals surface area contributed by atoms with Gasteiger partial charge >= 0.3 is 0 Å². The van der Waals surface area contributed by atoms with Crippen LogP contribution < -0.4 is 62.2 Å². The summed E-state index contributed by atoms with van der Waals surface area (Å²) < 4.78 is 25.6. The summed E-state index contributed by atoms with van der Waals surface area (Å²) in [5.74, 6) is 0. The van der Waals surface area contributed by atoms with Crippen LogP contribution in [0, 0.1) is 36.4 Å². The van der Waals surface area contributed by atoms with Crippen LogP contribution in [-0.4, -0.2) is 78.7 Å². The molecule has 3 radical (unpaired) electrons. The molecular weight excluding hydrogens is 2330 g/mol. The van der Waals surface area contributed by atoms with Gasteiger partial charge in [0.1, 0.15) is 32.3 Å². The molecule has 139 heavy (non-hydrogen) atoms. The average molecular weight is 2430 g/mol. The van der Waals surface area contributed by atoms with Gasteiger partial charge in [-0.2, -0.15) is 0 Å². The van der Waals surface area contributed by atoms with E-state index in [9.17, 15) is 8.42 Å². The summed E-state index contributed by atoms with van der Waals surface area (Å²) in [5, 5.41) is 16.9. The van der Waals surface area contributed by atoms with Crippen LogP contribution >= 0.6 is 0 Å². The van der Waals surface area contributed by atoms with Gasteiger partial charge in [-0.05, 0) is 101 Å². The molecule has 0 saturated carbocycles. The van der Waals surface area contributed by atoms with Gasteiger partial charge in [-0.25, -0.2) is 8.42 Å². The molecule has 14 aromatic carbocycles. The first-order valence-corrected chi connectivity index (χ1v) is 61.3. The molecule has 23 rings (SSSR count). The number of nitrogens with zero attached hydrogens (tertiary/aromatic N) is 6. The van der Waals surface area contributed by atoms with Crippen molar-refractivity contribution >= 4 is 112 Å². The molecule has 0 amide bonds. The molecule has 0 fully saturated rings. The van der Waals surface area contributed by atoms with E-state index in [1.807, 2.05) is 164 Å². The molecule has 689 valence electrons. The van der Waals surface area contributed by atoms with Gasteiger partial charge < -0.3 is 29.9 Å². The van der Waals surface area contributed by atoms with Gasteiger partial charge in [-0.1, -0.05) is 391 Å². The van der Waals surface area contributed by atoms with Crippen molar-refractivity contribution in [2.24, 2.45) is 0 Å². The van der Waals surface area contributed by atoms with Crippen LogP contribution in [0.3, 0.4) is 0 Å². The van der Waals surface area contributed by atoms with Crippen LogP contribution in [-0.2, 0) is 70.2 Å². The Kier molecular flexibility index (Phi) is 32.4. The number of rotatable bonds is 14. The minimum absolute atomic E-state index is 0. The molecule has 20 aromatic rings. The second kappa shape index (κ2) is 44.8. The van der Waals surface area contributed by atoms with Crippen LogP contribution in [0.5, 0.6) is 0 Å². The molecule has 0 bridgehead atoms. The van der Waals surface area contributed by atoms with Crippen molar-refractivity contribution in [1.82, 2.24) is 29.9 Å². The fourth-order valence-corrected chi connectivity index (χ4v) is 35.0. The largest absolute Gasteiger partial charge is 0.305 e. The van der Waals surface area contributed by atoms with Crippen molar-refractivity contribution in [1.29, 1.82) is 0 Å². The number of fused-ring (bicyclic) bond motifs is 9. The predicted octanol–water partition coefficient (Wildman–Crippen LogP) is 20.7. The zero-order valence-electron chi connectivity index (χ0n) is 78.3. The molecule has 0 spiro atoms. The zero-order chi connectivity index (χ0) is 93.7. The molecule has 0 saturated heterocycles. The van der Waals surface area contributed by atoms with Gasteiger partial charge in [0.05, 0.1) is 13.0 Å². The van der Waals surface area contributed by atoms with Gasteiger partial charge in [0.25, 0.3) is 0 Å².